The Bertz CT molecular complexity index is 1150. The Morgan fingerprint density at radius 3 is 2.86 bits per heavy atom. The smallest absolute Gasteiger partial charge is 0.328 e. The number of aromatic nitrogens is 2. The highest BCUT2D eigenvalue weighted by Crippen LogP contribution is 2.23. The first kappa shape index (κ1) is 26.8. The van der Waals surface area contributed by atoms with Crippen LogP contribution in [0.15, 0.2) is 48.7 Å². The summed E-state index contributed by atoms with van der Waals surface area (Å²) in [6, 6.07) is 13.8. The number of nitrogens with one attached hydrogen (secondary N) is 2. The van der Waals surface area contributed by atoms with Crippen molar-refractivity contribution >= 4 is 28.4 Å². The van der Waals surface area contributed by atoms with Crippen LogP contribution in [0, 0.1) is 0 Å². The van der Waals surface area contributed by atoms with Gasteiger partial charge in [-0.15, -0.1) is 0 Å². The lowest BCUT2D eigenvalue weighted by Crippen LogP contribution is -2.37. The van der Waals surface area contributed by atoms with Gasteiger partial charge in [-0.3, -0.25) is 4.98 Å². The molecule has 0 amide bonds. The summed E-state index contributed by atoms with van der Waals surface area (Å²) >= 11 is 0. The van der Waals surface area contributed by atoms with E-state index in [2.05, 4.69) is 32.7 Å². The van der Waals surface area contributed by atoms with E-state index >= 15 is 0 Å². The van der Waals surface area contributed by atoms with Crippen molar-refractivity contribution in [3.8, 4) is 0 Å². The first-order chi connectivity index (χ1) is 18.2. The number of benzene rings is 1. The van der Waals surface area contributed by atoms with Gasteiger partial charge in [0, 0.05) is 49.7 Å². The molecule has 0 bridgehead atoms. The quantitative estimate of drug-likeness (QED) is 0.248. The van der Waals surface area contributed by atoms with Crippen molar-refractivity contribution in [1.29, 1.82) is 0 Å². The monoisotopic (exact) mass is 505 g/mol. The number of hydrogen-bond acceptors (Lipinski definition) is 8. The fourth-order valence-corrected chi connectivity index (χ4v) is 4.82. The molecule has 0 saturated heterocycles. The van der Waals surface area contributed by atoms with E-state index < -0.39 is 6.04 Å². The summed E-state index contributed by atoms with van der Waals surface area (Å²) in [4.78, 5) is 24.3. The van der Waals surface area contributed by atoms with E-state index in [1.54, 1.807) is 13.3 Å². The van der Waals surface area contributed by atoms with Crippen LogP contribution in [-0.4, -0.2) is 73.9 Å². The van der Waals surface area contributed by atoms with Crippen LogP contribution in [0.2, 0.25) is 0 Å². The zero-order chi connectivity index (χ0) is 25.9. The van der Waals surface area contributed by atoms with Crippen LogP contribution in [-0.2, 0) is 27.1 Å². The Balaban J connectivity index is 1.31. The number of rotatable bonds is 14. The molecular weight excluding hydrogens is 466 g/mol. The van der Waals surface area contributed by atoms with Crippen molar-refractivity contribution in [2.45, 2.75) is 44.6 Å². The largest absolute Gasteiger partial charge is 0.467 e. The molecule has 1 aliphatic rings. The fraction of sp³-hybridized carbons (Fsp3) is 0.483. The minimum absolute atomic E-state index is 0.264. The van der Waals surface area contributed by atoms with Crippen LogP contribution < -0.4 is 10.6 Å². The minimum atomic E-state index is -0.451. The topological polar surface area (TPSA) is 88.6 Å². The van der Waals surface area contributed by atoms with Crippen LogP contribution in [0.1, 0.15) is 36.9 Å². The van der Waals surface area contributed by atoms with E-state index in [9.17, 15) is 4.79 Å². The van der Waals surface area contributed by atoms with Gasteiger partial charge in [0.2, 0.25) is 0 Å². The van der Waals surface area contributed by atoms with Crippen molar-refractivity contribution in [2.75, 3.05) is 57.6 Å². The van der Waals surface area contributed by atoms with E-state index in [4.69, 9.17) is 14.5 Å². The van der Waals surface area contributed by atoms with Crippen LogP contribution in [0.5, 0.6) is 0 Å². The van der Waals surface area contributed by atoms with Crippen LogP contribution in [0.4, 0.5) is 11.5 Å². The predicted octanol–water partition coefficient (Wildman–Crippen LogP) is 4.30. The van der Waals surface area contributed by atoms with Gasteiger partial charge in [-0.05, 0) is 68.8 Å². The molecule has 4 rings (SSSR count). The highest BCUT2D eigenvalue weighted by Gasteiger charge is 2.21. The molecule has 3 aromatic rings. The number of fused-ring (bicyclic) bond motifs is 2. The van der Waals surface area contributed by atoms with Crippen LogP contribution in [0.25, 0.3) is 10.9 Å². The van der Waals surface area contributed by atoms with Gasteiger partial charge in [0.15, 0.2) is 0 Å². The van der Waals surface area contributed by atoms with Gasteiger partial charge in [0.25, 0.3) is 0 Å². The number of esters is 1. The van der Waals surface area contributed by atoms with Crippen molar-refractivity contribution in [3.63, 3.8) is 0 Å². The average Bonchev–Trinajstić information content (AvgIpc) is 2.95. The Kier molecular flexibility index (Phi) is 10.1. The molecule has 0 radical (unpaired) electrons. The van der Waals surface area contributed by atoms with Crippen molar-refractivity contribution in [2.24, 2.45) is 0 Å². The summed E-state index contributed by atoms with van der Waals surface area (Å²) in [5.41, 5.74) is 4.25. The predicted molar refractivity (Wildman–Crippen MR) is 148 cm³/mol. The zero-order valence-electron chi connectivity index (χ0n) is 22.0. The third-order valence-corrected chi connectivity index (χ3v) is 6.92. The van der Waals surface area contributed by atoms with Crippen LogP contribution in [0.3, 0.4) is 0 Å². The zero-order valence-corrected chi connectivity index (χ0v) is 22.0. The van der Waals surface area contributed by atoms with Gasteiger partial charge in [0.1, 0.15) is 11.9 Å². The highest BCUT2D eigenvalue weighted by atomic mass is 16.5. The Morgan fingerprint density at radius 2 is 2.00 bits per heavy atom. The number of carbonyl (C=O) groups is 1. The third-order valence-electron chi connectivity index (χ3n) is 6.92. The maximum Gasteiger partial charge on any atom is 0.328 e. The molecule has 0 saturated carbocycles. The Hall–Kier alpha value is -3.23. The molecule has 8 nitrogen and oxygen atoms in total. The molecule has 0 spiro atoms. The molecule has 8 heteroatoms. The lowest BCUT2D eigenvalue weighted by Gasteiger charge is -2.25. The summed E-state index contributed by atoms with van der Waals surface area (Å²) in [7, 11) is 3.16. The second-order valence-electron chi connectivity index (χ2n) is 9.52. The third kappa shape index (κ3) is 7.63. The highest BCUT2D eigenvalue weighted by molar-refractivity contribution is 5.92. The standard InChI is InChI=1S/C29H39N5O3/c1-36-21-20-34(18-6-5-9-23-13-12-22-8-7-16-31-28(22)32-23)19-15-27(29(35)37-2)33-26-14-17-30-25-11-4-3-10-24(25)26/h3-4,10-14,17,27H,5-9,15-16,18-21H2,1-2H3,(H,30,33)(H,31,32). The number of unbranched alkanes of at least 4 members (excludes halogenated alkanes) is 1. The maximum atomic E-state index is 12.6. The Labute approximate surface area is 219 Å². The van der Waals surface area contributed by atoms with E-state index in [0.29, 0.717) is 13.0 Å². The molecule has 1 unspecified atom stereocenters. The average molecular weight is 506 g/mol. The number of methoxy groups -OCH3 is 2. The number of pyridine rings is 2. The summed E-state index contributed by atoms with van der Waals surface area (Å²) in [6.45, 7) is 4.20. The lowest BCUT2D eigenvalue weighted by atomic mass is 10.1. The molecule has 0 aliphatic carbocycles. The molecule has 3 heterocycles. The number of para-hydroxylation sites is 1. The van der Waals surface area contributed by atoms with Crippen molar-refractivity contribution in [1.82, 2.24) is 14.9 Å². The molecule has 1 aliphatic heterocycles. The van der Waals surface area contributed by atoms with E-state index in [0.717, 1.165) is 80.0 Å². The fourth-order valence-electron chi connectivity index (χ4n) is 4.82. The number of hydrogen-bond donors (Lipinski definition) is 2. The molecule has 37 heavy (non-hydrogen) atoms. The molecular formula is C29H39N5O3. The normalized spacial score (nSPS) is 13.7. The minimum Gasteiger partial charge on any atom is -0.467 e. The van der Waals surface area contributed by atoms with Gasteiger partial charge in [-0.2, -0.15) is 0 Å². The van der Waals surface area contributed by atoms with E-state index in [-0.39, 0.29) is 5.97 Å². The second kappa shape index (κ2) is 13.9. The van der Waals surface area contributed by atoms with Crippen molar-refractivity contribution in [3.05, 3.63) is 59.9 Å². The number of anilines is 2. The number of carbonyl (C=O) groups excluding carboxylic acids is 1. The molecule has 0 fully saturated rings. The van der Waals surface area contributed by atoms with E-state index in [1.165, 1.54) is 19.1 Å². The summed E-state index contributed by atoms with van der Waals surface area (Å²) < 4.78 is 10.5. The number of nitrogens with zero attached hydrogens (tertiary/aromatic N) is 3. The second-order valence-corrected chi connectivity index (χ2v) is 9.52. The lowest BCUT2D eigenvalue weighted by molar-refractivity contribution is -0.141. The van der Waals surface area contributed by atoms with Crippen LogP contribution >= 0.6 is 0 Å². The van der Waals surface area contributed by atoms with Gasteiger partial charge < -0.3 is 25.0 Å². The first-order valence-electron chi connectivity index (χ1n) is 13.3. The first-order valence-corrected chi connectivity index (χ1v) is 13.3. The molecule has 1 atom stereocenters. The molecule has 2 aromatic heterocycles. The van der Waals surface area contributed by atoms with E-state index in [1.807, 2.05) is 30.3 Å². The Morgan fingerprint density at radius 1 is 1.11 bits per heavy atom. The summed E-state index contributed by atoms with van der Waals surface area (Å²) in [5.74, 6) is 0.800. The SMILES string of the molecule is COCCN(CCCCc1ccc2c(n1)NCCC2)CCC(Nc1ccnc2ccccc12)C(=O)OC. The maximum absolute atomic E-state index is 12.6. The number of aryl methyl sites for hydroxylation is 2. The van der Waals surface area contributed by atoms with Gasteiger partial charge in [-0.25, -0.2) is 9.78 Å². The van der Waals surface area contributed by atoms with Crippen molar-refractivity contribution < 1.29 is 14.3 Å². The van der Waals surface area contributed by atoms with Gasteiger partial charge in [0.05, 0.1) is 19.2 Å². The molecule has 2 N–H and O–H groups in total. The summed E-state index contributed by atoms with van der Waals surface area (Å²) in [6.07, 6.45) is 7.77. The van der Waals surface area contributed by atoms with Gasteiger partial charge >= 0.3 is 5.97 Å². The van der Waals surface area contributed by atoms with Gasteiger partial charge in [-0.1, -0.05) is 24.3 Å². The molecule has 198 valence electrons. The molecule has 1 aromatic carbocycles. The summed E-state index contributed by atoms with van der Waals surface area (Å²) in [5, 5.41) is 7.82. The number of ether oxygens (including phenoxy) is 2.